The summed E-state index contributed by atoms with van der Waals surface area (Å²) in [6.45, 7) is 0. The van der Waals surface area contributed by atoms with Crippen LogP contribution in [0.3, 0.4) is 0 Å². The molecule has 0 atom stereocenters. The summed E-state index contributed by atoms with van der Waals surface area (Å²) >= 11 is 89.6. The van der Waals surface area contributed by atoms with Crippen molar-refractivity contribution in [2.24, 2.45) is 0 Å². The SMILES string of the molecule is Nc1c(Cl)c(Cl)c([C-](c2c(Cl)c(Cl)c(Cl)c(Cl)c2Cl)c2c(Cl)c(Cl)c(Cl)c(Cl)c2Cl)c(Cl)c1Cl. The molecule has 0 saturated heterocycles. The Bertz CT molecular complexity index is 1110. The van der Waals surface area contributed by atoms with Gasteiger partial charge in [0.1, 0.15) is 0 Å². The molecule has 0 amide bonds. The summed E-state index contributed by atoms with van der Waals surface area (Å²) in [6.07, 6.45) is 0. The van der Waals surface area contributed by atoms with Crippen LogP contribution in [0.15, 0.2) is 0 Å². The van der Waals surface area contributed by atoms with E-state index < -0.39 is 0 Å². The smallest absolute Gasteiger partial charge is 0.0700 e. The minimum Gasteiger partial charge on any atom is -0.397 e. The second kappa shape index (κ2) is 11.2. The van der Waals surface area contributed by atoms with Gasteiger partial charge in [0.2, 0.25) is 0 Å². The lowest BCUT2D eigenvalue weighted by Crippen LogP contribution is -2.12. The molecule has 0 radical (unpaired) electrons. The molecule has 3 aromatic rings. The summed E-state index contributed by atoms with van der Waals surface area (Å²) < 4.78 is 0. The Balaban J connectivity index is 2.68. The molecule has 0 bridgehead atoms. The molecular weight excluding hydrogens is 739 g/mol. The first kappa shape index (κ1) is 29.9. The standard InChI is InChI=1S/C19H2Cl14N/c20-5-2(6(21)12(27)15(30)11(5)26)1(3-7(22)13(28)16(31)14(29)8(3)23)4-9(24)17(32)19(34)18(33)10(4)25/h34H2/q-1. The number of nitrogen functional groups attached to an aromatic ring is 1. The van der Waals surface area contributed by atoms with Gasteiger partial charge in [-0.1, -0.05) is 98.7 Å². The third-order valence-corrected chi connectivity index (χ3v) is 10.8. The highest BCUT2D eigenvalue weighted by atomic mass is 35.5. The molecule has 0 aliphatic rings. The molecule has 15 heteroatoms. The maximum absolute atomic E-state index is 6.57. The number of nitrogens with two attached hydrogens (primary N) is 1. The quantitative estimate of drug-likeness (QED) is 0.0935. The van der Waals surface area contributed by atoms with Crippen LogP contribution in [0.2, 0.25) is 70.3 Å². The number of anilines is 1. The zero-order chi connectivity index (χ0) is 26.0. The maximum Gasteiger partial charge on any atom is 0.0700 e. The number of hydrogen-bond donors (Lipinski definition) is 1. The number of hydrogen-bond acceptors (Lipinski definition) is 1. The number of rotatable bonds is 3. The third kappa shape index (κ3) is 4.80. The first-order chi connectivity index (χ1) is 15.7. The van der Waals surface area contributed by atoms with Crippen molar-refractivity contribution in [2.75, 3.05) is 5.73 Å². The molecule has 34 heavy (non-hydrogen) atoms. The fraction of sp³-hybridized carbons (Fsp3) is 0. The summed E-state index contributed by atoms with van der Waals surface area (Å²) in [7, 11) is 0. The van der Waals surface area contributed by atoms with E-state index in [9.17, 15) is 0 Å². The van der Waals surface area contributed by atoms with Crippen molar-refractivity contribution in [3.05, 3.63) is 92.9 Å². The van der Waals surface area contributed by atoms with E-state index in [1.54, 1.807) is 0 Å². The van der Waals surface area contributed by atoms with Crippen molar-refractivity contribution in [1.29, 1.82) is 0 Å². The van der Waals surface area contributed by atoms with E-state index in [0.717, 1.165) is 0 Å². The van der Waals surface area contributed by atoms with Gasteiger partial charge in [-0.3, -0.25) is 0 Å². The summed E-state index contributed by atoms with van der Waals surface area (Å²) in [5.41, 5.74) is 5.71. The van der Waals surface area contributed by atoms with Gasteiger partial charge in [0.25, 0.3) is 0 Å². The lowest BCUT2D eigenvalue weighted by atomic mass is 9.84. The maximum atomic E-state index is 6.57. The van der Waals surface area contributed by atoms with Crippen LogP contribution in [-0.2, 0) is 0 Å². The first-order valence-electron chi connectivity index (χ1n) is 8.18. The van der Waals surface area contributed by atoms with Crippen molar-refractivity contribution in [2.45, 2.75) is 0 Å². The van der Waals surface area contributed by atoms with E-state index in [-0.39, 0.29) is 98.6 Å². The second-order valence-corrected chi connectivity index (χ2v) is 11.6. The van der Waals surface area contributed by atoms with Crippen LogP contribution in [0.1, 0.15) is 16.7 Å². The van der Waals surface area contributed by atoms with Crippen LogP contribution in [0.5, 0.6) is 0 Å². The van der Waals surface area contributed by atoms with Gasteiger partial charge in [0.05, 0.1) is 45.9 Å². The van der Waals surface area contributed by atoms with Gasteiger partial charge in [-0.15, -0.1) is 69.6 Å². The van der Waals surface area contributed by atoms with Gasteiger partial charge in [-0.25, -0.2) is 0 Å². The Kier molecular flexibility index (Phi) is 9.90. The van der Waals surface area contributed by atoms with Crippen LogP contribution in [-0.4, -0.2) is 0 Å². The summed E-state index contributed by atoms with van der Waals surface area (Å²) in [5.74, 6) is -0.0373. The monoisotopic (exact) mass is 734 g/mol. The molecule has 0 saturated carbocycles. The Hall–Kier alpha value is 1.39. The topological polar surface area (TPSA) is 26.0 Å². The Labute approximate surface area is 263 Å². The van der Waals surface area contributed by atoms with Crippen LogP contribution in [0.25, 0.3) is 0 Å². The normalized spacial score (nSPS) is 11.4. The number of benzene rings is 3. The fourth-order valence-electron chi connectivity index (χ4n) is 2.89. The highest BCUT2D eigenvalue weighted by molar-refractivity contribution is 6.58. The molecular formula is C19H2Cl14N-. The molecule has 3 rings (SSSR count). The van der Waals surface area contributed by atoms with E-state index in [4.69, 9.17) is 168 Å². The highest BCUT2D eigenvalue weighted by Crippen LogP contribution is 2.57. The highest BCUT2D eigenvalue weighted by Gasteiger charge is 2.32. The molecule has 1 nitrogen and oxygen atoms in total. The van der Waals surface area contributed by atoms with Gasteiger partial charge in [0, 0.05) is 30.1 Å². The van der Waals surface area contributed by atoms with E-state index in [2.05, 4.69) is 0 Å². The van der Waals surface area contributed by atoms with Crippen LogP contribution < -0.4 is 5.73 Å². The number of halogens is 14. The van der Waals surface area contributed by atoms with Gasteiger partial charge in [0.15, 0.2) is 0 Å². The Morgan fingerprint density at radius 1 is 0.294 bits per heavy atom. The minimum atomic E-state index is -0.165. The molecule has 0 spiro atoms. The molecule has 2 N–H and O–H groups in total. The average molecular weight is 741 g/mol. The molecule has 0 fully saturated rings. The van der Waals surface area contributed by atoms with Crippen LogP contribution in [0.4, 0.5) is 5.69 Å². The molecule has 0 unspecified atom stereocenters. The average Bonchev–Trinajstić information content (AvgIpc) is 2.81. The molecule has 0 aromatic heterocycles. The third-order valence-electron chi connectivity index (χ3n) is 4.47. The Morgan fingerprint density at radius 3 is 0.706 bits per heavy atom. The van der Waals surface area contributed by atoms with E-state index in [1.165, 1.54) is 0 Å². The molecule has 0 aliphatic heterocycles. The lowest BCUT2D eigenvalue weighted by Gasteiger charge is -2.33. The van der Waals surface area contributed by atoms with Crippen LogP contribution in [0, 0.1) is 5.92 Å². The summed E-state index contributed by atoms with van der Waals surface area (Å²) in [6, 6.07) is 0. The van der Waals surface area contributed by atoms with Crippen molar-refractivity contribution >= 4 is 168 Å². The summed E-state index contributed by atoms with van der Waals surface area (Å²) in [5, 5.41) is -2.08. The largest absolute Gasteiger partial charge is 0.397 e. The zero-order valence-electron chi connectivity index (χ0n) is 15.4. The molecule has 0 heterocycles. The van der Waals surface area contributed by atoms with E-state index in [0.29, 0.717) is 0 Å². The second-order valence-electron chi connectivity index (χ2n) is 6.31. The van der Waals surface area contributed by atoms with Crippen molar-refractivity contribution < 1.29 is 0 Å². The van der Waals surface area contributed by atoms with Gasteiger partial charge in [-0.2, -0.15) is 0 Å². The Morgan fingerprint density at radius 2 is 0.471 bits per heavy atom. The first-order valence-corrected chi connectivity index (χ1v) is 13.5. The van der Waals surface area contributed by atoms with E-state index in [1.807, 2.05) is 0 Å². The molecule has 182 valence electrons. The van der Waals surface area contributed by atoms with Gasteiger partial charge < -0.3 is 5.73 Å². The molecule has 0 aliphatic carbocycles. The summed E-state index contributed by atoms with van der Waals surface area (Å²) in [4.78, 5) is 0. The van der Waals surface area contributed by atoms with Gasteiger partial charge in [-0.05, 0) is 16.7 Å². The predicted octanol–water partition coefficient (Wildman–Crippen LogP) is 13.4. The minimum absolute atomic E-state index is 0.0373. The van der Waals surface area contributed by atoms with Gasteiger partial charge >= 0.3 is 0 Å². The van der Waals surface area contributed by atoms with Crippen molar-refractivity contribution in [3.8, 4) is 0 Å². The lowest BCUT2D eigenvalue weighted by molar-refractivity contribution is 1.23. The molecule has 3 aromatic carbocycles. The van der Waals surface area contributed by atoms with E-state index >= 15 is 0 Å². The zero-order valence-corrected chi connectivity index (χ0v) is 26.0. The van der Waals surface area contributed by atoms with Crippen LogP contribution >= 0.6 is 162 Å². The van der Waals surface area contributed by atoms with Crippen molar-refractivity contribution in [1.82, 2.24) is 0 Å². The predicted molar refractivity (Wildman–Crippen MR) is 154 cm³/mol. The van der Waals surface area contributed by atoms with Crippen molar-refractivity contribution in [3.63, 3.8) is 0 Å². The fourth-order valence-corrected chi connectivity index (χ4v) is 6.60.